The van der Waals surface area contributed by atoms with Gasteiger partial charge in [-0.15, -0.1) is 11.3 Å². The number of nitrogens with zero attached hydrogens (tertiary/aromatic N) is 1. The van der Waals surface area contributed by atoms with Crippen molar-refractivity contribution in [1.29, 1.82) is 0 Å². The number of fused-ring (bicyclic) bond motifs is 3. The molecule has 4 aromatic rings. The van der Waals surface area contributed by atoms with Gasteiger partial charge < -0.3 is 9.84 Å². The fraction of sp³-hybridized carbons (Fsp3) is 0.100. The Labute approximate surface area is 148 Å². The first-order chi connectivity index (χ1) is 12.1. The largest absolute Gasteiger partial charge is 0.494 e. The lowest BCUT2D eigenvalue weighted by atomic mass is 10.0. The van der Waals surface area contributed by atoms with Crippen LogP contribution < -0.4 is 4.74 Å². The Kier molecular flexibility index (Phi) is 3.66. The van der Waals surface area contributed by atoms with Crippen LogP contribution in [0.3, 0.4) is 0 Å². The van der Waals surface area contributed by atoms with Gasteiger partial charge in [0.1, 0.15) is 16.1 Å². The first-order valence-corrected chi connectivity index (χ1v) is 8.60. The van der Waals surface area contributed by atoms with E-state index < -0.39 is 5.97 Å². The molecular formula is C20H15NO3S. The smallest absolute Gasteiger partial charge is 0.346 e. The van der Waals surface area contributed by atoms with Gasteiger partial charge in [-0.1, -0.05) is 42.0 Å². The number of aromatic carboxylic acids is 1. The molecule has 124 valence electrons. The topological polar surface area (TPSA) is 59.4 Å². The van der Waals surface area contributed by atoms with Crippen molar-refractivity contribution in [2.45, 2.75) is 6.92 Å². The first kappa shape index (κ1) is 15.6. The van der Waals surface area contributed by atoms with Gasteiger partial charge in [-0.2, -0.15) is 0 Å². The van der Waals surface area contributed by atoms with E-state index in [0.29, 0.717) is 10.6 Å². The van der Waals surface area contributed by atoms with Crippen LogP contribution in [0.1, 0.15) is 15.2 Å². The predicted molar refractivity (Wildman–Crippen MR) is 101 cm³/mol. The van der Waals surface area contributed by atoms with Gasteiger partial charge in [0.05, 0.1) is 7.11 Å². The van der Waals surface area contributed by atoms with Crippen LogP contribution in [0.5, 0.6) is 5.75 Å². The average molecular weight is 349 g/mol. The molecule has 4 rings (SSSR count). The van der Waals surface area contributed by atoms with E-state index in [2.05, 4.69) is 4.98 Å². The molecule has 0 amide bonds. The SMILES string of the molecule is COc1cccc2c1ncc1c(-c3ccc(C)cc3)c(C(=O)O)sc12. The van der Waals surface area contributed by atoms with E-state index in [-0.39, 0.29) is 0 Å². The van der Waals surface area contributed by atoms with Crippen molar-refractivity contribution >= 4 is 38.3 Å². The minimum Gasteiger partial charge on any atom is -0.494 e. The number of para-hydroxylation sites is 1. The highest BCUT2D eigenvalue weighted by Crippen LogP contribution is 2.42. The normalized spacial score (nSPS) is 11.1. The molecule has 0 fully saturated rings. The van der Waals surface area contributed by atoms with Crippen LogP contribution in [-0.4, -0.2) is 23.2 Å². The molecule has 0 radical (unpaired) electrons. The van der Waals surface area contributed by atoms with Crippen molar-refractivity contribution in [2.75, 3.05) is 7.11 Å². The van der Waals surface area contributed by atoms with E-state index in [4.69, 9.17) is 4.74 Å². The van der Waals surface area contributed by atoms with Gasteiger partial charge in [-0.25, -0.2) is 4.79 Å². The van der Waals surface area contributed by atoms with E-state index in [1.165, 1.54) is 11.3 Å². The third kappa shape index (κ3) is 2.44. The molecule has 0 spiro atoms. The maximum absolute atomic E-state index is 11.9. The second-order valence-electron chi connectivity index (χ2n) is 5.83. The van der Waals surface area contributed by atoms with Crippen molar-refractivity contribution < 1.29 is 14.6 Å². The summed E-state index contributed by atoms with van der Waals surface area (Å²) in [4.78, 5) is 16.7. The average Bonchev–Trinajstić information content (AvgIpc) is 3.02. The molecule has 0 bridgehead atoms. The number of aryl methyl sites for hydroxylation is 1. The van der Waals surface area contributed by atoms with Crippen molar-refractivity contribution in [3.8, 4) is 16.9 Å². The van der Waals surface area contributed by atoms with Crippen molar-refractivity contribution in [1.82, 2.24) is 4.98 Å². The fourth-order valence-corrected chi connectivity index (χ4v) is 4.22. The van der Waals surface area contributed by atoms with Crippen molar-refractivity contribution in [2.24, 2.45) is 0 Å². The summed E-state index contributed by atoms with van der Waals surface area (Å²) in [6.45, 7) is 2.01. The van der Waals surface area contributed by atoms with Gasteiger partial charge >= 0.3 is 5.97 Å². The number of carboxylic acid groups (broad SMARTS) is 1. The lowest BCUT2D eigenvalue weighted by Gasteiger charge is -2.06. The summed E-state index contributed by atoms with van der Waals surface area (Å²) in [6, 6.07) is 13.6. The molecule has 0 aliphatic carbocycles. The highest BCUT2D eigenvalue weighted by Gasteiger charge is 2.21. The van der Waals surface area contributed by atoms with Crippen LogP contribution in [0.4, 0.5) is 0 Å². The highest BCUT2D eigenvalue weighted by molar-refractivity contribution is 7.22. The zero-order valence-corrected chi connectivity index (χ0v) is 14.6. The quantitative estimate of drug-likeness (QED) is 0.557. The lowest BCUT2D eigenvalue weighted by molar-refractivity contribution is 0.0703. The van der Waals surface area contributed by atoms with Crippen LogP contribution in [-0.2, 0) is 0 Å². The molecule has 0 atom stereocenters. The summed E-state index contributed by atoms with van der Waals surface area (Å²) >= 11 is 1.28. The molecule has 1 N–H and O–H groups in total. The standard InChI is InChI=1S/C20H15NO3S/c1-11-6-8-12(9-7-11)16-14-10-21-17-13(4-3-5-15(17)24-2)18(14)25-19(16)20(22)23/h3-10H,1-2H3,(H,22,23). The van der Waals surface area contributed by atoms with Crippen molar-refractivity contribution in [3.63, 3.8) is 0 Å². The van der Waals surface area contributed by atoms with Gasteiger partial charge in [-0.3, -0.25) is 4.98 Å². The maximum Gasteiger partial charge on any atom is 0.346 e. The van der Waals surface area contributed by atoms with Gasteiger partial charge in [0, 0.05) is 27.2 Å². The lowest BCUT2D eigenvalue weighted by Crippen LogP contribution is -1.94. The van der Waals surface area contributed by atoms with Gasteiger partial charge in [0.2, 0.25) is 0 Å². The zero-order valence-electron chi connectivity index (χ0n) is 13.7. The molecule has 0 aliphatic heterocycles. The summed E-state index contributed by atoms with van der Waals surface area (Å²) in [5.74, 6) is -0.241. The number of aromatic nitrogens is 1. The number of carboxylic acids is 1. The Bertz CT molecular complexity index is 1110. The predicted octanol–water partition coefficient (Wildman–Crippen LogP) is 5.13. The first-order valence-electron chi connectivity index (χ1n) is 7.78. The molecule has 0 unspecified atom stereocenters. The summed E-state index contributed by atoms with van der Waals surface area (Å²) in [5, 5.41) is 11.5. The number of hydrogen-bond acceptors (Lipinski definition) is 4. The molecule has 0 aliphatic rings. The van der Waals surface area contributed by atoms with Gasteiger partial charge in [0.25, 0.3) is 0 Å². The molecule has 4 nitrogen and oxygen atoms in total. The molecule has 5 heteroatoms. The molecule has 0 saturated carbocycles. The Morgan fingerprint density at radius 1 is 1.12 bits per heavy atom. The second-order valence-corrected chi connectivity index (χ2v) is 6.86. The molecule has 2 aromatic heterocycles. The van der Waals surface area contributed by atoms with Gasteiger partial charge in [0.15, 0.2) is 0 Å². The Morgan fingerprint density at radius 3 is 2.56 bits per heavy atom. The van der Waals surface area contributed by atoms with Crippen molar-refractivity contribution in [3.05, 3.63) is 59.1 Å². The van der Waals surface area contributed by atoms with Crippen LogP contribution in [0.2, 0.25) is 0 Å². The monoisotopic (exact) mass is 349 g/mol. The Balaban J connectivity index is 2.11. The number of hydrogen-bond donors (Lipinski definition) is 1. The number of benzene rings is 2. The fourth-order valence-electron chi connectivity index (χ4n) is 3.06. The number of carbonyl (C=O) groups is 1. The number of rotatable bonds is 3. The van der Waals surface area contributed by atoms with E-state index in [9.17, 15) is 9.90 Å². The summed E-state index contributed by atoms with van der Waals surface area (Å²) < 4.78 is 6.30. The van der Waals surface area contributed by atoms with Crippen LogP contribution in [0.25, 0.3) is 32.1 Å². The number of pyridine rings is 1. The second kappa shape index (κ2) is 5.86. The molecule has 25 heavy (non-hydrogen) atoms. The summed E-state index contributed by atoms with van der Waals surface area (Å²) in [7, 11) is 1.61. The number of ether oxygens (including phenoxy) is 1. The Hall–Kier alpha value is -2.92. The number of methoxy groups -OCH3 is 1. The number of thiophene rings is 1. The zero-order chi connectivity index (χ0) is 17.6. The van der Waals surface area contributed by atoms with Crippen LogP contribution in [0.15, 0.2) is 48.7 Å². The third-order valence-corrected chi connectivity index (χ3v) is 5.49. The highest BCUT2D eigenvalue weighted by atomic mass is 32.1. The van der Waals surface area contributed by atoms with E-state index >= 15 is 0 Å². The van der Waals surface area contributed by atoms with Crippen LogP contribution in [0, 0.1) is 6.92 Å². The van der Waals surface area contributed by atoms with E-state index in [0.717, 1.165) is 37.7 Å². The Morgan fingerprint density at radius 2 is 1.88 bits per heavy atom. The maximum atomic E-state index is 11.9. The van der Waals surface area contributed by atoms with Gasteiger partial charge in [-0.05, 0) is 18.6 Å². The summed E-state index contributed by atoms with van der Waals surface area (Å²) in [6.07, 6.45) is 1.75. The minimum atomic E-state index is -0.923. The minimum absolute atomic E-state index is 0.330. The molecular weight excluding hydrogens is 334 g/mol. The van der Waals surface area contributed by atoms with E-state index in [1.54, 1.807) is 13.3 Å². The van der Waals surface area contributed by atoms with E-state index in [1.807, 2.05) is 49.4 Å². The molecule has 2 heterocycles. The van der Waals surface area contributed by atoms with Crippen LogP contribution >= 0.6 is 11.3 Å². The third-order valence-electron chi connectivity index (χ3n) is 4.27. The molecule has 2 aromatic carbocycles. The summed E-state index contributed by atoms with van der Waals surface area (Å²) in [5.41, 5.74) is 3.49. The molecule has 0 saturated heterocycles.